The van der Waals surface area contributed by atoms with E-state index in [2.05, 4.69) is 34.0 Å². The lowest BCUT2D eigenvalue weighted by Crippen LogP contribution is -2.51. The topological polar surface area (TPSA) is 75.2 Å². The molecule has 1 fully saturated rings. The van der Waals surface area contributed by atoms with Crippen molar-refractivity contribution in [3.05, 3.63) is 61.2 Å². The van der Waals surface area contributed by atoms with Crippen LogP contribution in [0.3, 0.4) is 0 Å². The minimum absolute atomic E-state index is 0.0365. The first-order valence-electron chi connectivity index (χ1n) is 10.1. The average molecular weight is 393 g/mol. The standard InChI is InChI=1S/C23H28N4O2/c1-3-10-26-22(29)23(8-11-27(12-9-23)21(28)4-2)14-18-6-5-7-19(13-18)20-15-24-17-25-16-20/h3,5-7,13,15-17H,1,4,8-12,14H2,2H3,(H,26,29). The number of carbonyl (C=O) groups is 2. The van der Waals surface area contributed by atoms with E-state index in [1.165, 1.54) is 6.33 Å². The normalized spacial score (nSPS) is 15.6. The first-order chi connectivity index (χ1) is 14.1. The predicted molar refractivity (Wildman–Crippen MR) is 113 cm³/mol. The zero-order chi connectivity index (χ0) is 20.7. The summed E-state index contributed by atoms with van der Waals surface area (Å²) in [5.74, 6) is 0.186. The second-order valence-electron chi connectivity index (χ2n) is 7.52. The molecule has 0 saturated carbocycles. The molecule has 1 aliphatic heterocycles. The van der Waals surface area contributed by atoms with Gasteiger partial charge in [-0.3, -0.25) is 9.59 Å². The molecule has 6 heteroatoms. The molecule has 1 aromatic heterocycles. The number of nitrogens with zero attached hydrogens (tertiary/aromatic N) is 3. The Morgan fingerprint density at radius 3 is 2.59 bits per heavy atom. The summed E-state index contributed by atoms with van der Waals surface area (Å²) in [5, 5.41) is 2.99. The summed E-state index contributed by atoms with van der Waals surface area (Å²) >= 11 is 0. The van der Waals surface area contributed by atoms with Crippen LogP contribution in [0.4, 0.5) is 0 Å². The molecule has 0 aliphatic carbocycles. The summed E-state index contributed by atoms with van der Waals surface area (Å²) in [7, 11) is 0. The highest BCUT2D eigenvalue weighted by atomic mass is 16.2. The fourth-order valence-electron chi connectivity index (χ4n) is 3.94. The van der Waals surface area contributed by atoms with E-state index >= 15 is 0 Å². The highest BCUT2D eigenvalue weighted by Crippen LogP contribution is 2.36. The first kappa shape index (κ1) is 20.7. The highest BCUT2D eigenvalue weighted by molar-refractivity contribution is 5.84. The van der Waals surface area contributed by atoms with Crippen LogP contribution in [0.2, 0.25) is 0 Å². The van der Waals surface area contributed by atoms with Gasteiger partial charge in [0.15, 0.2) is 0 Å². The second-order valence-corrected chi connectivity index (χ2v) is 7.52. The summed E-state index contributed by atoms with van der Waals surface area (Å²) in [5.41, 5.74) is 2.54. The van der Waals surface area contributed by atoms with Crippen LogP contribution < -0.4 is 5.32 Å². The van der Waals surface area contributed by atoms with Crippen LogP contribution in [0.25, 0.3) is 11.1 Å². The smallest absolute Gasteiger partial charge is 0.226 e. The van der Waals surface area contributed by atoms with Crippen molar-refractivity contribution in [2.75, 3.05) is 19.6 Å². The van der Waals surface area contributed by atoms with E-state index in [0.717, 1.165) is 16.7 Å². The summed E-state index contributed by atoms with van der Waals surface area (Å²) in [6.45, 7) is 7.24. The van der Waals surface area contributed by atoms with Crippen molar-refractivity contribution >= 4 is 11.8 Å². The van der Waals surface area contributed by atoms with Gasteiger partial charge in [-0.15, -0.1) is 6.58 Å². The van der Waals surface area contributed by atoms with Gasteiger partial charge in [0.05, 0.1) is 5.41 Å². The van der Waals surface area contributed by atoms with E-state index < -0.39 is 5.41 Å². The van der Waals surface area contributed by atoms with Crippen LogP contribution >= 0.6 is 0 Å². The lowest BCUT2D eigenvalue weighted by molar-refractivity contribution is -0.140. The number of carbonyl (C=O) groups excluding carboxylic acids is 2. The molecule has 0 atom stereocenters. The molecule has 1 aliphatic rings. The van der Waals surface area contributed by atoms with Crippen LogP contribution in [0.1, 0.15) is 31.7 Å². The van der Waals surface area contributed by atoms with E-state index in [9.17, 15) is 9.59 Å². The number of hydrogen-bond acceptors (Lipinski definition) is 4. The van der Waals surface area contributed by atoms with Crippen molar-refractivity contribution in [1.82, 2.24) is 20.2 Å². The van der Waals surface area contributed by atoms with E-state index in [-0.39, 0.29) is 11.8 Å². The zero-order valence-electron chi connectivity index (χ0n) is 16.9. The zero-order valence-corrected chi connectivity index (χ0v) is 16.9. The summed E-state index contributed by atoms with van der Waals surface area (Å²) in [4.78, 5) is 35.2. The summed E-state index contributed by atoms with van der Waals surface area (Å²) in [6, 6.07) is 8.18. The number of piperidine rings is 1. The number of benzene rings is 1. The maximum Gasteiger partial charge on any atom is 0.226 e. The van der Waals surface area contributed by atoms with Crippen molar-refractivity contribution < 1.29 is 9.59 Å². The van der Waals surface area contributed by atoms with E-state index in [4.69, 9.17) is 0 Å². The van der Waals surface area contributed by atoms with Crippen LogP contribution in [-0.2, 0) is 16.0 Å². The van der Waals surface area contributed by atoms with Crippen molar-refractivity contribution in [1.29, 1.82) is 0 Å². The molecule has 0 spiro atoms. The fraction of sp³-hybridized carbons (Fsp3) is 0.391. The molecule has 0 radical (unpaired) electrons. The number of rotatable bonds is 7. The number of likely N-dealkylation sites (tertiary alicyclic amines) is 1. The van der Waals surface area contributed by atoms with Gasteiger partial charge in [0, 0.05) is 44.0 Å². The van der Waals surface area contributed by atoms with Crippen LogP contribution in [0, 0.1) is 5.41 Å². The third kappa shape index (κ3) is 4.88. The third-order valence-electron chi connectivity index (χ3n) is 5.63. The Hall–Kier alpha value is -3.02. The van der Waals surface area contributed by atoms with Gasteiger partial charge in [-0.1, -0.05) is 37.3 Å². The molecular formula is C23H28N4O2. The second kappa shape index (κ2) is 9.45. The third-order valence-corrected chi connectivity index (χ3v) is 5.63. The number of aromatic nitrogens is 2. The Labute approximate surface area is 172 Å². The molecule has 1 N–H and O–H groups in total. The first-order valence-corrected chi connectivity index (χ1v) is 10.1. The molecular weight excluding hydrogens is 364 g/mol. The molecule has 1 saturated heterocycles. The minimum Gasteiger partial charge on any atom is -0.352 e. The van der Waals surface area contributed by atoms with Crippen molar-refractivity contribution in [3.8, 4) is 11.1 Å². The quantitative estimate of drug-likeness (QED) is 0.735. The molecule has 152 valence electrons. The molecule has 0 unspecified atom stereocenters. The maximum atomic E-state index is 13.1. The Kier molecular flexibility index (Phi) is 6.75. The fourth-order valence-corrected chi connectivity index (χ4v) is 3.94. The number of hydrogen-bond donors (Lipinski definition) is 1. The van der Waals surface area contributed by atoms with Crippen LogP contribution in [0.15, 0.2) is 55.6 Å². The van der Waals surface area contributed by atoms with Crippen LogP contribution in [0.5, 0.6) is 0 Å². The Balaban J connectivity index is 1.83. The lowest BCUT2D eigenvalue weighted by Gasteiger charge is -2.41. The molecule has 29 heavy (non-hydrogen) atoms. The molecule has 3 rings (SSSR count). The van der Waals surface area contributed by atoms with Gasteiger partial charge >= 0.3 is 0 Å². The highest BCUT2D eigenvalue weighted by Gasteiger charge is 2.41. The van der Waals surface area contributed by atoms with Gasteiger partial charge in [0.1, 0.15) is 6.33 Å². The van der Waals surface area contributed by atoms with Crippen LogP contribution in [-0.4, -0.2) is 46.3 Å². The molecule has 6 nitrogen and oxygen atoms in total. The minimum atomic E-state index is -0.528. The molecule has 2 amide bonds. The van der Waals surface area contributed by atoms with Gasteiger partial charge in [-0.05, 0) is 30.4 Å². The molecule has 2 aromatic rings. The molecule has 1 aromatic carbocycles. The Morgan fingerprint density at radius 1 is 1.21 bits per heavy atom. The largest absolute Gasteiger partial charge is 0.352 e. The molecule has 0 bridgehead atoms. The maximum absolute atomic E-state index is 13.1. The van der Waals surface area contributed by atoms with E-state index in [0.29, 0.717) is 45.3 Å². The van der Waals surface area contributed by atoms with Gasteiger partial charge in [-0.25, -0.2) is 9.97 Å². The summed E-state index contributed by atoms with van der Waals surface area (Å²) in [6.07, 6.45) is 9.21. The van der Waals surface area contributed by atoms with Crippen molar-refractivity contribution in [2.45, 2.75) is 32.6 Å². The van der Waals surface area contributed by atoms with Crippen molar-refractivity contribution in [2.24, 2.45) is 5.41 Å². The monoisotopic (exact) mass is 392 g/mol. The van der Waals surface area contributed by atoms with E-state index in [1.54, 1.807) is 18.5 Å². The van der Waals surface area contributed by atoms with Gasteiger partial charge < -0.3 is 10.2 Å². The van der Waals surface area contributed by atoms with E-state index in [1.807, 2.05) is 24.0 Å². The van der Waals surface area contributed by atoms with Gasteiger partial charge in [0.25, 0.3) is 0 Å². The summed E-state index contributed by atoms with van der Waals surface area (Å²) < 4.78 is 0. The average Bonchev–Trinajstić information content (AvgIpc) is 2.78. The lowest BCUT2D eigenvalue weighted by atomic mass is 9.72. The predicted octanol–water partition coefficient (Wildman–Crippen LogP) is 3.01. The SMILES string of the molecule is C=CCNC(=O)C1(Cc2cccc(-c3cncnc3)c2)CCN(C(=O)CC)CC1. The Morgan fingerprint density at radius 2 is 1.93 bits per heavy atom. The number of nitrogens with one attached hydrogen (secondary N) is 1. The van der Waals surface area contributed by atoms with Gasteiger partial charge in [0.2, 0.25) is 11.8 Å². The van der Waals surface area contributed by atoms with Crippen molar-refractivity contribution in [3.63, 3.8) is 0 Å². The van der Waals surface area contributed by atoms with Gasteiger partial charge in [-0.2, -0.15) is 0 Å². The molecule has 2 heterocycles. The number of amides is 2. The Bertz CT molecular complexity index is 858.